The lowest BCUT2D eigenvalue weighted by Crippen LogP contribution is -2.41. The molecular formula is C10H23N. The van der Waals surface area contributed by atoms with Crippen LogP contribution in [0.1, 0.15) is 47.5 Å². The van der Waals surface area contributed by atoms with Crippen LogP contribution < -0.4 is 5.73 Å². The van der Waals surface area contributed by atoms with Gasteiger partial charge in [0, 0.05) is 6.04 Å². The third kappa shape index (κ3) is 2.82. The lowest BCUT2D eigenvalue weighted by atomic mass is 9.76. The predicted octanol–water partition coefficient (Wildman–Crippen LogP) is 2.80. The number of hydrogen-bond donors (Lipinski definition) is 1. The highest BCUT2D eigenvalue weighted by molar-refractivity contribution is 4.83. The summed E-state index contributed by atoms with van der Waals surface area (Å²) < 4.78 is 0. The van der Waals surface area contributed by atoms with Crippen molar-refractivity contribution in [3.8, 4) is 0 Å². The van der Waals surface area contributed by atoms with Crippen molar-refractivity contribution < 1.29 is 0 Å². The molecule has 0 saturated carbocycles. The van der Waals surface area contributed by atoms with E-state index in [4.69, 9.17) is 5.73 Å². The molecule has 0 saturated heterocycles. The summed E-state index contributed by atoms with van der Waals surface area (Å²) in [6.45, 7) is 11.2. The van der Waals surface area contributed by atoms with E-state index in [-0.39, 0.29) is 0 Å². The van der Waals surface area contributed by atoms with E-state index in [1.54, 1.807) is 0 Å². The van der Waals surface area contributed by atoms with Crippen LogP contribution in [-0.4, -0.2) is 6.04 Å². The minimum atomic E-state index is 0.301. The van der Waals surface area contributed by atoms with Crippen LogP contribution in [-0.2, 0) is 0 Å². The van der Waals surface area contributed by atoms with Crippen LogP contribution in [0, 0.1) is 11.3 Å². The Hall–Kier alpha value is -0.0400. The third-order valence-electron chi connectivity index (χ3n) is 3.07. The van der Waals surface area contributed by atoms with Gasteiger partial charge in [-0.05, 0) is 17.8 Å². The first-order chi connectivity index (χ1) is 4.95. The van der Waals surface area contributed by atoms with Crippen LogP contribution in [0.5, 0.6) is 0 Å². The Morgan fingerprint density at radius 3 is 2.00 bits per heavy atom. The zero-order valence-electron chi connectivity index (χ0n) is 8.65. The van der Waals surface area contributed by atoms with Gasteiger partial charge < -0.3 is 5.73 Å². The van der Waals surface area contributed by atoms with Gasteiger partial charge in [-0.1, -0.05) is 41.0 Å². The lowest BCUT2D eigenvalue weighted by molar-refractivity contribution is 0.212. The Morgan fingerprint density at radius 1 is 1.27 bits per heavy atom. The SMILES string of the molecule is CCC(C)C(N)C(C)(C)CC. The molecule has 0 aliphatic rings. The van der Waals surface area contributed by atoms with Gasteiger partial charge in [0.15, 0.2) is 0 Å². The van der Waals surface area contributed by atoms with Gasteiger partial charge >= 0.3 is 0 Å². The molecule has 0 bridgehead atoms. The molecule has 0 aromatic heterocycles. The first kappa shape index (κ1) is 11.0. The first-order valence-corrected chi connectivity index (χ1v) is 4.71. The van der Waals surface area contributed by atoms with Crippen LogP contribution in [0.3, 0.4) is 0 Å². The van der Waals surface area contributed by atoms with Crippen LogP contribution in [0.15, 0.2) is 0 Å². The second kappa shape index (κ2) is 4.10. The molecule has 0 aromatic carbocycles. The van der Waals surface area contributed by atoms with Crippen LogP contribution in [0.4, 0.5) is 0 Å². The second-order valence-electron chi connectivity index (χ2n) is 4.25. The molecule has 1 nitrogen and oxygen atoms in total. The highest BCUT2D eigenvalue weighted by Crippen LogP contribution is 2.28. The van der Waals surface area contributed by atoms with Crippen molar-refractivity contribution in [2.45, 2.75) is 53.5 Å². The molecule has 0 spiro atoms. The zero-order chi connectivity index (χ0) is 9.07. The third-order valence-corrected chi connectivity index (χ3v) is 3.07. The normalized spacial score (nSPS) is 18.0. The van der Waals surface area contributed by atoms with E-state index in [1.165, 1.54) is 12.8 Å². The molecule has 0 fully saturated rings. The van der Waals surface area contributed by atoms with E-state index >= 15 is 0 Å². The molecule has 11 heavy (non-hydrogen) atoms. The summed E-state index contributed by atoms with van der Waals surface area (Å²) in [5.74, 6) is 0.643. The van der Waals surface area contributed by atoms with Gasteiger partial charge in [0.1, 0.15) is 0 Å². The Balaban J connectivity index is 4.10. The van der Waals surface area contributed by atoms with Gasteiger partial charge in [-0.15, -0.1) is 0 Å². The van der Waals surface area contributed by atoms with Crippen molar-refractivity contribution in [1.29, 1.82) is 0 Å². The van der Waals surface area contributed by atoms with Crippen LogP contribution in [0.25, 0.3) is 0 Å². The summed E-state index contributed by atoms with van der Waals surface area (Å²) in [5, 5.41) is 0. The Kier molecular flexibility index (Phi) is 4.09. The van der Waals surface area contributed by atoms with Crippen LogP contribution >= 0.6 is 0 Å². The lowest BCUT2D eigenvalue weighted by Gasteiger charge is -2.34. The smallest absolute Gasteiger partial charge is 0.0116 e. The predicted molar refractivity (Wildman–Crippen MR) is 51.5 cm³/mol. The summed E-state index contributed by atoms with van der Waals surface area (Å²) in [6.07, 6.45) is 2.35. The molecular weight excluding hydrogens is 134 g/mol. The topological polar surface area (TPSA) is 26.0 Å². The molecule has 0 heterocycles. The van der Waals surface area contributed by atoms with Gasteiger partial charge in [0.25, 0.3) is 0 Å². The number of hydrogen-bond acceptors (Lipinski definition) is 1. The highest BCUT2D eigenvalue weighted by atomic mass is 14.7. The molecule has 2 atom stereocenters. The van der Waals surface area contributed by atoms with Crippen molar-refractivity contribution in [2.24, 2.45) is 17.1 Å². The minimum Gasteiger partial charge on any atom is -0.327 e. The van der Waals surface area contributed by atoms with Gasteiger partial charge in [0.2, 0.25) is 0 Å². The molecule has 0 radical (unpaired) electrons. The molecule has 1 heteroatoms. The Bertz CT molecular complexity index is 107. The molecule has 2 unspecified atom stereocenters. The van der Waals surface area contributed by atoms with E-state index in [9.17, 15) is 0 Å². The molecule has 0 aromatic rings. The summed E-state index contributed by atoms with van der Waals surface area (Å²) >= 11 is 0. The molecule has 0 amide bonds. The summed E-state index contributed by atoms with van der Waals surface area (Å²) in [4.78, 5) is 0. The number of nitrogens with two attached hydrogens (primary N) is 1. The fourth-order valence-electron chi connectivity index (χ4n) is 1.26. The van der Waals surface area contributed by atoms with Gasteiger partial charge in [0.05, 0.1) is 0 Å². The van der Waals surface area contributed by atoms with Gasteiger partial charge in [-0.2, -0.15) is 0 Å². The monoisotopic (exact) mass is 157 g/mol. The van der Waals surface area contributed by atoms with E-state index in [1.807, 2.05) is 0 Å². The highest BCUT2D eigenvalue weighted by Gasteiger charge is 2.27. The maximum absolute atomic E-state index is 6.12. The first-order valence-electron chi connectivity index (χ1n) is 4.71. The van der Waals surface area contributed by atoms with Crippen molar-refractivity contribution in [3.05, 3.63) is 0 Å². The van der Waals surface area contributed by atoms with Crippen LogP contribution in [0.2, 0.25) is 0 Å². The van der Waals surface area contributed by atoms with E-state index in [2.05, 4.69) is 34.6 Å². The molecule has 68 valence electrons. The summed E-state index contributed by atoms with van der Waals surface area (Å²) in [6, 6.07) is 0.345. The fourth-order valence-corrected chi connectivity index (χ4v) is 1.26. The Labute approximate surface area is 71.4 Å². The molecule has 0 aliphatic carbocycles. The molecule has 0 aliphatic heterocycles. The average Bonchev–Trinajstić information content (AvgIpc) is 2.01. The fraction of sp³-hybridized carbons (Fsp3) is 1.00. The maximum Gasteiger partial charge on any atom is 0.0116 e. The van der Waals surface area contributed by atoms with E-state index in [0.717, 1.165) is 0 Å². The van der Waals surface area contributed by atoms with Crippen molar-refractivity contribution in [2.75, 3.05) is 0 Å². The number of rotatable bonds is 4. The van der Waals surface area contributed by atoms with Crippen molar-refractivity contribution >= 4 is 0 Å². The minimum absolute atomic E-state index is 0.301. The van der Waals surface area contributed by atoms with Crippen molar-refractivity contribution in [3.63, 3.8) is 0 Å². The standard InChI is InChI=1S/C10H23N/c1-6-8(3)9(11)10(4,5)7-2/h8-9H,6-7,11H2,1-5H3. The quantitative estimate of drug-likeness (QED) is 0.667. The van der Waals surface area contributed by atoms with Crippen molar-refractivity contribution in [1.82, 2.24) is 0 Å². The van der Waals surface area contributed by atoms with E-state index in [0.29, 0.717) is 17.4 Å². The van der Waals surface area contributed by atoms with Gasteiger partial charge in [-0.25, -0.2) is 0 Å². The largest absolute Gasteiger partial charge is 0.327 e. The Morgan fingerprint density at radius 2 is 1.73 bits per heavy atom. The summed E-state index contributed by atoms with van der Waals surface area (Å²) in [5.41, 5.74) is 6.42. The summed E-state index contributed by atoms with van der Waals surface area (Å²) in [7, 11) is 0. The van der Waals surface area contributed by atoms with E-state index < -0.39 is 0 Å². The average molecular weight is 157 g/mol. The molecule has 0 rings (SSSR count). The second-order valence-corrected chi connectivity index (χ2v) is 4.25. The maximum atomic E-state index is 6.12. The molecule has 2 N–H and O–H groups in total. The van der Waals surface area contributed by atoms with Gasteiger partial charge in [-0.3, -0.25) is 0 Å². The zero-order valence-corrected chi connectivity index (χ0v) is 8.65.